The van der Waals surface area contributed by atoms with Gasteiger partial charge in [0.05, 0.1) is 7.11 Å². The van der Waals surface area contributed by atoms with Gasteiger partial charge in [-0.15, -0.1) is 0 Å². The van der Waals surface area contributed by atoms with Gasteiger partial charge in [0, 0.05) is 5.56 Å². The number of carbonyl (C=O) groups is 1. The second-order valence-corrected chi connectivity index (χ2v) is 3.54. The fourth-order valence-corrected chi connectivity index (χ4v) is 1.49. The standard InChI is InChI=1S/C12H9ClO3/c1-15-9-4-2-3-8(7-9)12(14)10-5-6-11(13)16-10/h2-7H,1H3. The van der Waals surface area contributed by atoms with E-state index in [1.165, 1.54) is 6.07 Å². The third-order valence-electron chi connectivity index (χ3n) is 2.13. The average Bonchev–Trinajstić information content (AvgIpc) is 2.75. The van der Waals surface area contributed by atoms with Crippen LogP contribution in [0.3, 0.4) is 0 Å². The van der Waals surface area contributed by atoms with Crippen molar-refractivity contribution in [3.05, 3.63) is 52.9 Å². The molecule has 4 heteroatoms. The van der Waals surface area contributed by atoms with Crippen molar-refractivity contribution in [2.45, 2.75) is 0 Å². The maximum absolute atomic E-state index is 11.9. The van der Waals surface area contributed by atoms with E-state index in [0.29, 0.717) is 11.3 Å². The molecule has 0 fully saturated rings. The molecule has 16 heavy (non-hydrogen) atoms. The van der Waals surface area contributed by atoms with Gasteiger partial charge >= 0.3 is 0 Å². The predicted octanol–water partition coefficient (Wildman–Crippen LogP) is 3.17. The van der Waals surface area contributed by atoms with E-state index >= 15 is 0 Å². The first-order valence-corrected chi connectivity index (χ1v) is 5.02. The highest BCUT2D eigenvalue weighted by Crippen LogP contribution is 2.19. The Labute approximate surface area is 97.6 Å². The number of ketones is 1. The van der Waals surface area contributed by atoms with Crippen molar-refractivity contribution in [2.24, 2.45) is 0 Å². The highest BCUT2D eigenvalue weighted by molar-refractivity contribution is 6.29. The summed E-state index contributed by atoms with van der Waals surface area (Å²) < 4.78 is 10.1. The molecule has 2 rings (SSSR count). The summed E-state index contributed by atoms with van der Waals surface area (Å²) in [5, 5.41) is 0.200. The van der Waals surface area contributed by atoms with Crippen molar-refractivity contribution >= 4 is 17.4 Å². The van der Waals surface area contributed by atoms with Crippen LogP contribution in [0.4, 0.5) is 0 Å². The molecule has 0 saturated heterocycles. The zero-order valence-electron chi connectivity index (χ0n) is 8.57. The Kier molecular flexibility index (Phi) is 2.97. The van der Waals surface area contributed by atoms with E-state index in [0.717, 1.165) is 0 Å². The van der Waals surface area contributed by atoms with Gasteiger partial charge in [0.15, 0.2) is 11.0 Å². The van der Waals surface area contributed by atoms with Crippen molar-refractivity contribution < 1.29 is 13.9 Å². The van der Waals surface area contributed by atoms with E-state index in [1.54, 1.807) is 37.4 Å². The number of rotatable bonds is 3. The predicted molar refractivity (Wildman–Crippen MR) is 60.1 cm³/mol. The van der Waals surface area contributed by atoms with Crippen LogP contribution in [0.1, 0.15) is 16.1 Å². The average molecular weight is 237 g/mol. The summed E-state index contributed by atoms with van der Waals surface area (Å²) in [5.74, 6) is 0.632. The molecule has 0 unspecified atom stereocenters. The Morgan fingerprint density at radius 1 is 1.31 bits per heavy atom. The van der Waals surface area contributed by atoms with Crippen molar-refractivity contribution in [3.63, 3.8) is 0 Å². The number of hydrogen-bond donors (Lipinski definition) is 0. The second kappa shape index (κ2) is 4.41. The zero-order valence-corrected chi connectivity index (χ0v) is 9.32. The maximum atomic E-state index is 11.9. The largest absolute Gasteiger partial charge is 0.497 e. The number of halogens is 1. The third kappa shape index (κ3) is 2.09. The maximum Gasteiger partial charge on any atom is 0.228 e. The highest BCUT2D eigenvalue weighted by atomic mass is 35.5. The van der Waals surface area contributed by atoms with E-state index in [9.17, 15) is 4.79 Å². The van der Waals surface area contributed by atoms with E-state index < -0.39 is 0 Å². The van der Waals surface area contributed by atoms with Gasteiger partial charge in [-0.3, -0.25) is 4.79 Å². The molecule has 0 radical (unpaired) electrons. The summed E-state index contributed by atoms with van der Waals surface area (Å²) in [5.41, 5.74) is 0.505. The van der Waals surface area contributed by atoms with Crippen LogP contribution in [0.25, 0.3) is 0 Å². The van der Waals surface area contributed by atoms with Gasteiger partial charge in [-0.05, 0) is 35.9 Å². The lowest BCUT2D eigenvalue weighted by molar-refractivity contribution is 0.101. The van der Waals surface area contributed by atoms with Crippen molar-refractivity contribution in [2.75, 3.05) is 7.11 Å². The second-order valence-electron chi connectivity index (χ2n) is 3.16. The molecule has 0 aliphatic heterocycles. The summed E-state index contributed by atoms with van der Waals surface area (Å²) in [7, 11) is 1.55. The lowest BCUT2D eigenvalue weighted by atomic mass is 10.1. The van der Waals surface area contributed by atoms with Crippen LogP contribution >= 0.6 is 11.6 Å². The Bertz CT molecular complexity index is 516. The first-order chi connectivity index (χ1) is 7.70. The van der Waals surface area contributed by atoms with Crippen LogP contribution in [0.15, 0.2) is 40.8 Å². The normalized spacial score (nSPS) is 10.1. The minimum Gasteiger partial charge on any atom is -0.497 e. The van der Waals surface area contributed by atoms with Crippen LogP contribution in [0.5, 0.6) is 5.75 Å². The molecule has 3 nitrogen and oxygen atoms in total. The van der Waals surface area contributed by atoms with Crippen LogP contribution in [0, 0.1) is 0 Å². The zero-order chi connectivity index (χ0) is 11.5. The first-order valence-electron chi connectivity index (χ1n) is 4.65. The molecule has 0 bridgehead atoms. The molecule has 0 amide bonds. The van der Waals surface area contributed by atoms with Gasteiger partial charge in [0.2, 0.25) is 5.78 Å². The fraction of sp³-hybridized carbons (Fsp3) is 0.0833. The molecular formula is C12H9ClO3. The number of methoxy groups -OCH3 is 1. The Morgan fingerprint density at radius 3 is 2.75 bits per heavy atom. The quantitative estimate of drug-likeness (QED) is 0.769. The molecule has 0 spiro atoms. The third-order valence-corrected chi connectivity index (χ3v) is 2.33. The van der Waals surface area contributed by atoms with Gasteiger partial charge < -0.3 is 9.15 Å². The summed E-state index contributed by atoms with van der Waals surface area (Å²) >= 11 is 5.61. The molecule has 0 atom stereocenters. The molecule has 1 aromatic carbocycles. The summed E-state index contributed by atoms with van der Waals surface area (Å²) in [6.07, 6.45) is 0. The summed E-state index contributed by atoms with van der Waals surface area (Å²) in [6.45, 7) is 0. The van der Waals surface area contributed by atoms with Gasteiger partial charge in [-0.1, -0.05) is 12.1 Å². The molecule has 1 aromatic heterocycles. The Morgan fingerprint density at radius 2 is 2.12 bits per heavy atom. The Balaban J connectivity index is 2.33. The van der Waals surface area contributed by atoms with Crippen molar-refractivity contribution in [1.82, 2.24) is 0 Å². The fourth-order valence-electron chi connectivity index (χ4n) is 1.34. The summed E-state index contributed by atoms with van der Waals surface area (Å²) in [6, 6.07) is 9.95. The van der Waals surface area contributed by atoms with Crippen LogP contribution in [0.2, 0.25) is 5.22 Å². The molecule has 0 aliphatic carbocycles. The van der Waals surface area contributed by atoms with Crippen molar-refractivity contribution in [1.29, 1.82) is 0 Å². The number of furan rings is 1. The Hall–Kier alpha value is -1.74. The summed E-state index contributed by atoms with van der Waals surface area (Å²) in [4.78, 5) is 11.9. The molecule has 1 heterocycles. The molecule has 0 saturated carbocycles. The number of ether oxygens (including phenoxy) is 1. The van der Waals surface area contributed by atoms with Gasteiger partial charge in [-0.2, -0.15) is 0 Å². The molecule has 0 aliphatic rings. The van der Waals surface area contributed by atoms with Crippen LogP contribution in [-0.4, -0.2) is 12.9 Å². The molecular weight excluding hydrogens is 228 g/mol. The van der Waals surface area contributed by atoms with Gasteiger partial charge in [-0.25, -0.2) is 0 Å². The smallest absolute Gasteiger partial charge is 0.228 e. The SMILES string of the molecule is COc1cccc(C(=O)c2ccc(Cl)o2)c1. The number of benzene rings is 1. The minimum atomic E-state index is -0.217. The molecule has 82 valence electrons. The van der Waals surface area contributed by atoms with E-state index in [4.69, 9.17) is 20.8 Å². The van der Waals surface area contributed by atoms with Gasteiger partial charge in [0.1, 0.15) is 5.75 Å². The molecule has 2 aromatic rings. The highest BCUT2D eigenvalue weighted by Gasteiger charge is 2.13. The van der Waals surface area contributed by atoms with E-state index in [2.05, 4.69) is 0 Å². The first kappa shape index (κ1) is 10.8. The van der Waals surface area contributed by atoms with Crippen LogP contribution in [-0.2, 0) is 0 Å². The lowest BCUT2D eigenvalue weighted by Crippen LogP contribution is -1.99. The van der Waals surface area contributed by atoms with Gasteiger partial charge in [0.25, 0.3) is 0 Å². The minimum absolute atomic E-state index is 0.200. The number of carbonyl (C=O) groups excluding carboxylic acids is 1. The monoisotopic (exact) mass is 236 g/mol. The topological polar surface area (TPSA) is 39.4 Å². The van der Waals surface area contributed by atoms with Crippen molar-refractivity contribution in [3.8, 4) is 5.75 Å². The van der Waals surface area contributed by atoms with Crippen LogP contribution < -0.4 is 4.74 Å². The van der Waals surface area contributed by atoms with E-state index in [1.807, 2.05) is 0 Å². The van der Waals surface area contributed by atoms with E-state index in [-0.39, 0.29) is 16.8 Å². The molecule has 0 N–H and O–H groups in total. The lowest BCUT2D eigenvalue weighted by Gasteiger charge is -2.01. The number of hydrogen-bond acceptors (Lipinski definition) is 3.